The smallest absolute Gasteiger partial charge is 0.408 e. The van der Waals surface area contributed by atoms with Gasteiger partial charge in [0.15, 0.2) is 11.4 Å². The van der Waals surface area contributed by atoms with Crippen LogP contribution in [0.1, 0.15) is 48.0 Å². The van der Waals surface area contributed by atoms with Gasteiger partial charge in [0.25, 0.3) is 5.91 Å². The van der Waals surface area contributed by atoms with E-state index < -0.39 is 30.2 Å². The normalized spacial score (nSPS) is 23.0. The molecule has 3 N–H and O–H groups in total. The van der Waals surface area contributed by atoms with Crippen molar-refractivity contribution in [3.05, 3.63) is 107 Å². The second kappa shape index (κ2) is 14.3. The van der Waals surface area contributed by atoms with Crippen molar-refractivity contribution in [3.63, 3.8) is 0 Å². The molecule has 0 spiro atoms. The molecule has 2 saturated heterocycles. The molecule has 238 valence electrons. The number of imide groups is 1. The Morgan fingerprint density at radius 1 is 1.02 bits per heavy atom. The third-order valence-corrected chi connectivity index (χ3v) is 8.94. The van der Waals surface area contributed by atoms with E-state index in [0.717, 1.165) is 21.6 Å². The highest BCUT2D eigenvalue weighted by Gasteiger charge is 2.42. The van der Waals surface area contributed by atoms with Crippen LogP contribution in [-0.4, -0.2) is 56.1 Å². The third-order valence-electron chi connectivity index (χ3n) is 7.98. The van der Waals surface area contributed by atoms with Gasteiger partial charge in [-0.15, -0.1) is 0 Å². The minimum atomic E-state index is -1.03. The number of carbonyl (C=O) groups excluding carboxylic acids is 3. The van der Waals surface area contributed by atoms with Gasteiger partial charge in [-0.2, -0.15) is 5.10 Å². The molecular formula is C33H33N5O7S. The molecule has 0 radical (unpaired) electrons. The Morgan fingerprint density at radius 3 is 2.46 bits per heavy atom. The van der Waals surface area contributed by atoms with Crippen molar-refractivity contribution in [3.8, 4) is 0 Å². The van der Waals surface area contributed by atoms with E-state index in [9.17, 15) is 19.5 Å². The maximum absolute atomic E-state index is 13.2. The van der Waals surface area contributed by atoms with Gasteiger partial charge in [-0.05, 0) is 28.8 Å². The minimum absolute atomic E-state index is 0.0189. The molecule has 2 aliphatic rings. The first-order chi connectivity index (χ1) is 22.4. The van der Waals surface area contributed by atoms with Crippen LogP contribution in [0.3, 0.4) is 0 Å². The van der Waals surface area contributed by atoms with Gasteiger partial charge < -0.3 is 24.6 Å². The lowest BCUT2D eigenvalue weighted by Crippen LogP contribution is -2.42. The summed E-state index contributed by atoms with van der Waals surface area (Å²) in [6.07, 6.45) is -0.739. The number of nitrogens with zero attached hydrogens (tertiary/aromatic N) is 3. The summed E-state index contributed by atoms with van der Waals surface area (Å²) >= 11 is 1.50. The Bertz CT molecular complexity index is 1640. The molecule has 3 amide bonds. The average molecular weight is 644 g/mol. The summed E-state index contributed by atoms with van der Waals surface area (Å²) in [5, 5.41) is 19.5. The number of thioether (sulfide) groups is 1. The lowest BCUT2D eigenvalue weighted by atomic mass is 9.91. The number of rotatable bonds is 10. The van der Waals surface area contributed by atoms with Crippen LogP contribution in [0.4, 0.5) is 10.5 Å². The van der Waals surface area contributed by atoms with Crippen LogP contribution in [0.25, 0.3) is 0 Å². The Morgan fingerprint density at radius 2 is 1.76 bits per heavy atom. The van der Waals surface area contributed by atoms with Crippen LogP contribution in [0.5, 0.6) is 0 Å². The molecule has 3 heterocycles. The van der Waals surface area contributed by atoms with Gasteiger partial charge in [0.2, 0.25) is 5.91 Å². The Labute approximate surface area is 269 Å². The van der Waals surface area contributed by atoms with E-state index in [4.69, 9.17) is 14.2 Å². The third kappa shape index (κ3) is 7.12. The Kier molecular flexibility index (Phi) is 9.73. The second-order valence-corrected chi connectivity index (χ2v) is 12.1. The number of ether oxygens (including phenoxy) is 3. The Hall–Kier alpha value is -4.56. The molecule has 5 atom stereocenters. The number of hydrogen-bond acceptors (Lipinski definition) is 10. The van der Waals surface area contributed by atoms with Crippen LogP contribution in [0, 0.1) is 5.92 Å². The molecule has 2 aliphatic heterocycles. The van der Waals surface area contributed by atoms with Crippen molar-refractivity contribution >= 4 is 35.4 Å². The van der Waals surface area contributed by atoms with E-state index in [1.54, 1.807) is 24.3 Å². The van der Waals surface area contributed by atoms with Gasteiger partial charge >= 0.3 is 6.09 Å². The molecule has 4 aromatic rings. The van der Waals surface area contributed by atoms with Crippen molar-refractivity contribution in [1.29, 1.82) is 0 Å². The lowest BCUT2D eigenvalue weighted by Gasteiger charge is -2.41. The first kappa shape index (κ1) is 31.4. The average Bonchev–Trinajstić information content (AvgIpc) is 3.71. The number of anilines is 1. The first-order valence-corrected chi connectivity index (χ1v) is 15.8. The Balaban J connectivity index is 1.14. The quantitative estimate of drug-likeness (QED) is 0.167. The van der Waals surface area contributed by atoms with Crippen molar-refractivity contribution in [2.75, 3.05) is 10.7 Å². The molecule has 6 rings (SSSR count). The molecule has 12 nitrogen and oxygen atoms in total. The van der Waals surface area contributed by atoms with Crippen LogP contribution in [0.15, 0.2) is 90.3 Å². The van der Waals surface area contributed by atoms with Crippen molar-refractivity contribution in [2.45, 2.75) is 56.3 Å². The monoisotopic (exact) mass is 643 g/mol. The van der Waals surface area contributed by atoms with Crippen LogP contribution < -0.4 is 10.2 Å². The van der Waals surface area contributed by atoms with Crippen molar-refractivity contribution in [1.82, 2.24) is 20.5 Å². The van der Waals surface area contributed by atoms with Gasteiger partial charge in [-0.25, -0.2) is 14.7 Å². The van der Waals surface area contributed by atoms with Crippen molar-refractivity contribution in [2.24, 2.45) is 5.92 Å². The predicted molar refractivity (Wildman–Crippen MR) is 167 cm³/mol. The summed E-state index contributed by atoms with van der Waals surface area (Å²) < 4.78 is 18.2. The summed E-state index contributed by atoms with van der Waals surface area (Å²) in [7, 11) is 0. The molecule has 1 aromatic heterocycles. The minimum Gasteiger partial charge on any atom is -0.445 e. The zero-order valence-corrected chi connectivity index (χ0v) is 25.8. The number of carbonyl (C=O) groups is 3. The van der Waals surface area contributed by atoms with Crippen LogP contribution in [0.2, 0.25) is 0 Å². The number of benzene rings is 3. The van der Waals surface area contributed by atoms with Crippen LogP contribution in [-0.2, 0) is 37.0 Å². The van der Waals surface area contributed by atoms with E-state index >= 15 is 0 Å². The number of aromatic nitrogens is 3. The number of hydrogen-bond donors (Lipinski definition) is 3. The summed E-state index contributed by atoms with van der Waals surface area (Å²) in [6.45, 7) is 2.07. The fraction of sp³-hybridized carbons (Fsp3) is 0.303. The second-order valence-electron chi connectivity index (χ2n) is 11.0. The number of amides is 3. The number of aliphatic hydroxyl groups excluding tert-OH is 1. The van der Waals surface area contributed by atoms with E-state index in [-0.39, 0.29) is 37.8 Å². The molecule has 46 heavy (non-hydrogen) atoms. The fourth-order valence-electron chi connectivity index (χ4n) is 5.44. The van der Waals surface area contributed by atoms with Crippen LogP contribution >= 0.6 is 11.8 Å². The zero-order chi connectivity index (χ0) is 32.0. The number of aliphatic hydroxyl groups is 1. The number of alkyl carbamates (subject to hydrolysis) is 1. The standard InChI is InChI=1S/C33H33N5O7S/c1-20-27(18-46-32-34-19-35-37-32)44-31(45-29(20)23-9-7-21(16-39)8-10-23)24-11-13-25(14-12-24)38-28(40)15-26(30(38)41)36-33(42)43-17-22-5-3-2-4-6-22/h2-14,19-20,26-27,29,31,39H,15-18H2,1H3,(H,36,42)(H,34,35,37)/t20-,26?,27+,29+,31+/m1/s1. The number of H-pyrrole nitrogens is 1. The van der Waals surface area contributed by atoms with Gasteiger partial charge in [0, 0.05) is 17.2 Å². The first-order valence-electron chi connectivity index (χ1n) is 14.8. The molecule has 3 aromatic carbocycles. The fourth-order valence-corrected chi connectivity index (χ4v) is 6.38. The van der Waals surface area contributed by atoms with E-state index in [1.807, 2.05) is 54.6 Å². The highest BCUT2D eigenvalue weighted by molar-refractivity contribution is 7.99. The van der Waals surface area contributed by atoms with E-state index in [0.29, 0.717) is 22.2 Å². The van der Waals surface area contributed by atoms with Gasteiger partial charge in [0.05, 0.1) is 30.9 Å². The van der Waals surface area contributed by atoms with E-state index in [1.165, 1.54) is 18.1 Å². The summed E-state index contributed by atoms with van der Waals surface area (Å²) in [5.74, 6) is -0.391. The van der Waals surface area contributed by atoms with Gasteiger partial charge in [-0.3, -0.25) is 14.7 Å². The maximum Gasteiger partial charge on any atom is 0.408 e. The summed E-state index contributed by atoms with van der Waals surface area (Å²) in [6, 6.07) is 22.6. The summed E-state index contributed by atoms with van der Waals surface area (Å²) in [4.78, 5) is 43.6. The lowest BCUT2D eigenvalue weighted by molar-refractivity contribution is -0.268. The molecule has 1 unspecified atom stereocenters. The molecule has 13 heteroatoms. The predicted octanol–water partition coefficient (Wildman–Crippen LogP) is 4.44. The number of aromatic amines is 1. The summed E-state index contributed by atoms with van der Waals surface area (Å²) in [5.41, 5.74) is 3.65. The SMILES string of the molecule is C[C@@H]1[C@H](CSc2ncn[nH]2)O[C@H](c2ccc(N3C(=O)CC(NC(=O)OCc4ccccc4)C3=O)cc2)O[C@@H]1c1ccc(CO)cc1. The molecule has 0 saturated carbocycles. The topological polar surface area (TPSA) is 156 Å². The largest absolute Gasteiger partial charge is 0.445 e. The van der Waals surface area contributed by atoms with E-state index in [2.05, 4.69) is 27.4 Å². The molecule has 0 aliphatic carbocycles. The zero-order valence-electron chi connectivity index (χ0n) is 24.9. The maximum atomic E-state index is 13.2. The number of nitrogens with one attached hydrogen (secondary N) is 2. The highest BCUT2D eigenvalue weighted by atomic mass is 32.2. The van der Waals surface area contributed by atoms with Gasteiger partial charge in [-0.1, -0.05) is 85.4 Å². The van der Waals surface area contributed by atoms with Crippen molar-refractivity contribution < 1.29 is 33.7 Å². The highest BCUT2D eigenvalue weighted by Crippen LogP contribution is 2.43. The van der Waals surface area contributed by atoms with Gasteiger partial charge in [0.1, 0.15) is 19.0 Å². The molecule has 0 bridgehead atoms. The molecule has 2 fully saturated rings. The molecular weight excluding hydrogens is 610 g/mol.